The molecular formula is C92H58N4OS3. The van der Waals surface area contributed by atoms with Gasteiger partial charge in [-0.2, -0.15) is 0 Å². The summed E-state index contributed by atoms with van der Waals surface area (Å²) in [5.41, 5.74) is 18.3. The molecule has 5 aromatic heterocycles. The Balaban J connectivity index is 0.000000142. The van der Waals surface area contributed by atoms with Gasteiger partial charge >= 0.3 is 0 Å². The third-order valence-electron chi connectivity index (χ3n) is 20.4. The van der Waals surface area contributed by atoms with E-state index in [1.165, 1.54) is 121 Å². The summed E-state index contributed by atoms with van der Waals surface area (Å²) in [7, 11) is 0. The van der Waals surface area contributed by atoms with Crippen LogP contribution in [0.5, 0.6) is 0 Å². The lowest BCUT2D eigenvalue weighted by Gasteiger charge is -2.28. The number of anilines is 3. The van der Waals surface area contributed by atoms with E-state index < -0.39 is 0 Å². The molecule has 15 aromatic carbocycles. The fraction of sp³-hybridized carbons (Fsp3) is 0.0326. The highest BCUT2D eigenvalue weighted by atomic mass is 32.1. The van der Waals surface area contributed by atoms with Gasteiger partial charge in [0.1, 0.15) is 11.2 Å². The van der Waals surface area contributed by atoms with Crippen LogP contribution in [0.3, 0.4) is 0 Å². The van der Waals surface area contributed by atoms with E-state index in [-0.39, 0.29) is 5.41 Å². The van der Waals surface area contributed by atoms with Gasteiger partial charge in [0.15, 0.2) is 17.5 Å². The third kappa shape index (κ3) is 9.36. The van der Waals surface area contributed by atoms with E-state index >= 15 is 0 Å². The monoisotopic (exact) mass is 1330 g/mol. The topological polar surface area (TPSA) is 55.1 Å². The molecule has 0 fully saturated rings. The van der Waals surface area contributed by atoms with E-state index in [1.54, 1.807) is 0 Å². The van der Waals surface area contributed by atoms with Crippen molar-refractivity contribution in [1.29, 1.82) is 0 Å². The number of hydrogen-bond donors (Lipinski definition) is 0. The van der Waals surface area contributed by atoms with Crippen LogP contribution in [0.4, 0.5) is 17.1 Å². The Morgan fingerprint density at radius 1 is 0.280 bits per heavy atom. The van der Waals surface area contributed by atoms with Crippen molar-refractivity contribution in [2.45, 2.75) is 19.3 Å². The molecule has 0 amide bonds. The Hall–Kier alpha value is -11.9. The summed E-state index contributed by atoms with van der Waals surface area (Å²) < 4.78 is 14.4. The summed E-state index contributed by atoms with van der Waals surface area (Å²) in [5.74, 6) is 2.03. The first-order chi connectivity index (χ1) is 49.3. The van der Waals surface area contributed by atoms with E-state index in [0.29, 0.717) is 17.5 Å². The van der Waals surface area contributed by atoms with Crippen LogP contribution in [0.25, 0.3) is 172 Å². The molecule has 8 heteroatoms. The number of hydrogen-bond acceptors (Lipinski definition) is 8. The van der Waals surface area contributed by atoms with Gasteiger partial charge in [0.25, 0.3) is 0 Å². The molecule has 0 unspecified atom stereocenters. The van der Waals surface area contributed by atoms with E-state index in [4.69, 9.17) is 19.4 Å². The lowest BCUT2D eigenvalue weighted by Crippen LogP contribution is -2.16. The van der Waals surface area contributed by atoms with Crippen LogP contribution in [0, 0.1) is 0 Å². The lowest BCUT2D eigenvalue weighted by molar-refractivity contribution is 0.660. The van der Waals surface area contributed by atoms with Gasteiger partial charge in [-0.1, -0.05) is 250 Å². The Bertz CT molecular complexity index is 6610. The molecule has 5 nitrogen and oxygen atoms in total. The number of thiophene rings is 3. The summed E-state index contributed by atoms with van der Waals surface area (Å²) in [5, 5.41) is 14.9. The van der Waals surface area contributed by atoms with Gasteiger partial charge in [0.05, 0.1) is 0 Å². The number of furan rings is 1. The average Bonchev–Trinajstić information content (AvgIpc) is 1.56. The highest BCUT2D eigenvalue weighted by Gasteiger charge is 2.36. The van der Waals surface area contributed by atoms with Crippen LogP contribution in [0.1, 0.15) is 25.0 Å². The molecule has 1 aliphatic rings. The summed E-state index contributed by atoms with van der Waals surface area (Å²) in [6.45, 7) is 4.71. The second kappa shape index (κ2) is 23.1. The molecule has 0 saturated heterocycles. The van der Waals surface area contributed by atoms with Crippen LogP contribution in [0.2, 0.25) is 0 Å². The zero-order valence-corrected chi connectivity index (χ0v) is 56.9. The largest absolute Gasteiger partial charge is 0.455 e. The SMILES string of the molecule is CC1(C)c2ccccc2-c2ccc(N(c3ccc(-c4ccccc4)cc3)c3ccc(-c4cc5sc6ccccc6c5c5c4ccc4c6ccccc6oc45)cc3)cc21.c1ccc(-c2nc(-c3ccccc3)nc(-c3cc4sc5ccccc5c4c4c3ccc3c5ccccc5sc34)n2)cc1. The van der Waals surface area contributed by atoms with Crippen molar-refractivity contribution in [3.8, 4) is 67.5 Å². The predicted molar refractivity (Wildman–Crippen MR) is 427 cm³/mol. The van der Waals surface area contributed by atoms with Crippen molar-refractivity contribution >= 4 is 155 Å². The molecular weight excluding hydrogens is 1270 g/mol. The standard InChI is InChI=1S/C55H37NOS.C37H21N3S2/c1-55(2)47-17-9-6-14-40(47)41-29-28-39(32-48(41)55)56(37-24-20-35(21-25-37)34-12-4-3-5-13-34)38-26-22-36(23-27-38)46-33-51-52(45-16-8-11-19-50(45)58-51)53-43(46)30-31-44-42-15-7-10-18-49(42)57-54(44)53;1-3-11-22(12-4-1)35-38-36(23-13-5-2-6-14-23)40-37(39-35)28-21-31-32(27-16-8-10-18-30(27)41-31)33-25(28)19-20-26-24-15-7-9-17-29(24)42-34(26)33/h3-33H,1-2H3;1-21H. The second-order valence-electron chi connectivity index (χ2n) is 26.5. The molecule has 0 atom stereocenters. The third-order valence-corrected chi connectivity index (χ3v) is 23.8. The smallest absolute Gasteiger partial charge is 0.164 e. The van der Waals surface area contributed by atoms with Crippen molar-refractivity contribution in [3.05, 3.63) is 327 Å². The molecule has 0 spiro atoms. The quantitative estimate of drug-likeness (QED) is 0.152. The van der Waals surface area contributed by atoms with Crippen molar-refractivity contribution in [1.82, 2.24) is 15.0 Å². The van der Waals surface area contributed by atoms with E-state index in [0.717, 1.165) is 61.1 Å². The minimum Gasteiger partial charge on any atom is -0.455 e. The number of nitrogens with zero attached hydrogens (tertiary/aromatic N) is 4. The molecule has 21 rings (SSSR count). The normalized spacial score (nSPS) is 12.6. The highest BCUT2D eigenvalue weighted by molar-refractivity contribution is 7.28. The Kier molecular flexibility index (Phi) is 13.5. The molecule has 470 valence electrons. The lowest BCUT2D eigenvalue weighted by atomic mass is 9.82. The summed E-state index contributed by atoms with van der Waals surface area (Å²) in [6, 6.07) is 113. The van der Waals surface area contributed by atoms with Crippen LogP contribution < -0.4 is 4.90 Å². The molecule has 20 aromatic rings. The molecule has 100 heavy (non-hydrogen) atoms. The maximum atomic E-state index is 6.73. The summed E-state index contributed by atoms with van der Waals surface area (Å²) in [6.07, 6.45) is 0. The average molecular weight is 1330 g/mol. The van der Waals surface area contributed by atoms with Gasteiger partial charge in [-0.25, -0.2) is 15.0 Å². The van der Waals surface area contributed by atoms with Gasteiger partial charge in [-0.15, -0.1) is 34.0 Å². The number of aromatic nitrogens is 3. The van der Waals surface area contributed by atoms with Gasteiger partial charge in [-0.05, 0) is 134 Å². The van der Waals surface area contributed by atoms with Crippen LogP contribution in [-0.4, -0.2) is 15.0 Å². The molecule has 0 N–H and O–H groups in total. The first-order valence-electron chi connectivity index (χ1n) is 33.9. The van der Waals surface area contributed by atoms with Gasteiger partial charge in [0.2, 0.25) is 0 Å². The Morgan fingerprint density at radius 2 is 0.740 bits per heavy atom. The Labute approximate surface area is 588 Å². The summed E-state index contributed by atoms with van der Waals surface area (Å²) in [4.78, 5) is 17.6. The van der Waals surface area contributed by atoms with E-state index in [9.17, 15) is 0 Å². The van der Waals surface area contributed by atoms with Gasteiger partial charge < -0.3 is 9.32 Å². The van der Waals surface area contributed by atoms with E-state index in [2.05, 4.69) is 298 Å². The van der Waals surface area contributed by atoms with Crippen LogP contribution >= 0.6 is 34.0 Å². The van der Waals surface area contributed by atoms with Gasteiger partial charge in [-0.3, -0.25) is 0 Å². The number of para-hydroxylation sites is 1. The molecule has 0 saturated carbocycles. The molecule has 0 radical (unpaired) electrons. The fourth-order valence-corrected chi connectivity index (χ4v) is 19.2. The first kappa shape index (κ1) is 58.3. The zero-order chi connectivity index (χ0) is 66.2. The zero-order valence-electron chi connectivity index (χ0n) is 54.4. The second-order valence-corrected chi connectivity index (χ2v) is 29.7. The minimum absolute atomic E-state index is 0.105. The number of benzene rings is 15. The Morgan fingerprint density at radius 3 is 1.39 bits per heavy atom. The van der Waals surface area contributed by atoms with Crippen molar-refractivity contribution in [3.63, 3.8) is 0 Å². The van der Waals surface area contributed by atoms with Crippen molar-refractivity contribution < 1.29 is 4.42 Å². The minimum atomic E-state index is -0.105. The van der Waals surface area contributed by atoms with Crippen molar-refractivity contribution in [2.75, 3.05) is 4.90 Å². The van der Waals surface area contributed by atoms with Crippen LogP contribution in [0.15, 0.2) is 320 Å². The molecule has 0 bridgehead atoms. The first-order valence-corrected chi connectivity index (χ1v) is 36.3. The van der Waals surface area contributed by atoms with Gasteiger partial charge in [0, 0.05) is 121 Å². The maximum Gasteiger partial charge on any atom is 0.164 e. The van der Waals surface area contributed by atoms with Crippen molar-refractivity contribution in [2.24, 2.45) is 0 Å². The predicted octanol–water partition coefficient (Wildman–Crippen LogP) is 27.0. The highest BCUT2D eigenvalue weighted by Crippen LogP contribution is 2.53. The van der Waals surface area contributed by atoms with E-state index in [1.807, 2.05) is 70.4 Å². The van der Waals surface area contributed by atoms with Crippen LogP contribution in [-0.2, 0) is 5.41 Å². The molecule has 0 aliphatic heterocycles. The maximum absolute atomic E-state index is 6.73. The number of rotatable bonds is 8. The number of fused-ring (bicyclic) bond motifs is 21. The molecule has 1 aliphatic carbocycles. The summed E-state index contributed by atoms with van der Waals surface area (Å²) >= 11 is 5.57. The molecule has 5 heterocycles. The fourth-order valence-electron chi connectivity index (χ4n) is 15.6.